The van der Waals surface area contributed by atoms with Crippen molar-refractivity contribution in [2.75, 3.05) is 19.6 Å². The summed E-state index contributed by atoms with van der Waals surface area (Å²) in [7, 11) is 0. The van der Waals surface area contributed by atoms with Gasteiger partial charge in [0.25, 0.3) is 0 Å². The van der Waals surface area contributed by atoms with Crippen LogP contribution in [0, 0.1) is 5.92 Å². The molecule has 1 saturated carbocycles. The second-order valence-corrected chi connectivity index (χ2v) is 7.14. The van der Waals surface area contributed by atoms with Crippen LogP contribution in [-0.2, 0) is 9.59 Å². The number of hydrogen-bond acceptors (Lipinski definition) is 3. The SMILES string of the molecule is Cl.NCCC(=O)NCC1CCCCN1C(=O)CC1CCCCCC1. The number of halogens is 1. The zero-order valence-electron chi connectivity index (χ0n) is 14.8. The molecule has 2 fully saturated rings. The van der Waals surface area contributed by atoms with E-state index in [2.05, 4.69) is 5.32 Å². The van der Waals surface area contributed by atoms with Gasteiger partial charge in [-0.15, -0.1) is 12.4 Å². The van der Waals surface area contributed by atoms with Gasteiger partial charge in [-0.05, 0) is 38.0 Å². The van der Waals surface area contributed by atoms with Crippen molar-refractivity contribution < 1.29 is 9.59 Å². The molecule has 1 saturated heterocycles. The standard InChI is InChI=1S/C18H33N3O2.ClH/c19-11-10-17(22)20-14-16-9-5-6-12-21(16)18(23)13-15-7-3-1-2-4-8-15;/h15-16H,1-14,19H2,(H,20,22);1H. The summed E-state index contributed by atoms with van der Waals surface area (Å²) in [5.41, 5.74) is 5.41. The minimum absolute atomic E-state index is 0. The van der Waals surface area contributed by atoms with Gasteiger partial charge in [0, 0.05) is 38.5 Å². The number of nitrogens with two attached hydrogens (primary N) is 1. The number of piperidine rings is 1. The molecule has 2 rings (SSSR count). The van der Waals surface area contributed by atoms with E-state index in [0.717, 1.165) is 25.8 Å². The number of carbonyl (C=O) groups excluding carboxylic acids is 2. The van der Waals surface area contributed by atoms with Crippen LogP contribution in [0.5, 0.6) is 0 Å². The van der Waals surface area contributed by atoms with E-state index < -0.39 is 0 Å². The predicted octanol–water partition coefficient (Wildman–Crippen LogP) is 2.61. The van der Waals surface area contributed by atoms with Gasteiger partial charge in [0.15, 0.2) is 0 Å². The van der Waals surface area contributed by atoms with Crippen LogP contribution in [0.15, 0.2) is 0 Å². The van der Waals surface area contributed by atoms with Gasteiger partial charge >= 0.3 is 0 Å². The van der Waals surface area contributed by atoms with Gasteiger partial charge in [-0.25, -0.2) is 0 Å². The molecule has 1 atom stereocenters. The summed E-state index contributed by atoms with van der Waals surface area (Å²) in [5.74, 6) is 0.864. The van der Waals surface area contributed by atoms with Gasteiger partial charge in [-0.3, -0.25) is 9.59 Å². The molecule has 0 spiro atoms. The number of rotatable bonds is 6. The zero-order chi connectivity index (χ0) is 16.5. The maximum Gasteiger partial charge on any atom is 0.223 e. The number of hydrogen-bond donors (Lipinski definition) is 2. The number of nitrogens with one attached hydrogen (secondary N) is 1. The molecule has 1 aliphatic carbocycles. The van der Waals surface area contributed by atoms with Crippen LogP contribution in [-0.4, -0.2) is 42.4 Å². The van der Waals surface area contributed by atoms with Gasteiger partial charge in [-0.1, -0.05) is 25.7 Å². The molecule has 0 aromatic heterocycles. The van der Waals surface area contributed by atoms with Crippen LogP contribution in [0.1, 0.15) is 70.6 Å². The van der Waals surface area contributed by atoms with Crippen molar-refractivity contribution in [1.29, 1.82) is 0 Å². The maximum atomic E-state index is 12.8. The minimum Gasteiger partial charge on any atom is -0.354 e. The number of carbonyl (C=O) groups is 2. The lowest BCUT2D eigenvalue weighted by Crippen LogP contribution is -2.49. The summed E-state index contributed by atoms with van der Waals surface area (Å²) in [6, 6.07) is 0.170. The lowest BCUT2D eigenvalue weighted by molar-refractivity contribution is -0.136. The summed E-state index contributed by atoms with van der Waals surface area (Å²) in [6.45, 7) is 1.80. The Bertz CT molecular complexity index is 384. The number of nitrogens with zero attached hydrogens (tertiary/aromatic N) is 1. The lowest BCUT2D eigenvalue weighted by Gasteiger charge is -2.36. The van der Waals surface area contributed by atoms with E-state index in [0.29, 0.717) is 37.8 Å². The highest BCUT2D eigenvalue weighted by Crippen LogP contribution is 2.27. The van der Waals surface area contributed by atoms with Gasteiger partial charge in [-0.2, -0.15) is 0 Å². The first-order chi connectivity index (χ1) is 11.2. The van der Waals surface area contributed by atoms with Crippen LogP contribution >= 0.6 is 12.4 Å². The number of likely N-dealkylation sites (tertiary alicyclic amines) is 1. The van der Waals surface area contributed by atoms with Crippen molar-refractivity contribution >= 4 is 24.2 Å². The first-order valence-corrected chi connectivity index (χ1v) is 9.47. The summed E-state index contributed by atoms with van der Waals surface area (Å²) < 4.78 is 0. The van der Waals surface area contributed by atoms with E-state index in [-0.39, 0.29) is 24.4 Å². The smallest absolute Gasteiger partial charge is 0.223 e. The molecule has 1 aliphatic heterocycles. The number of amides is 2. The molecular weight excluding hydrogens is 326 g/mol. The Balaban J connectivity index is 0.00000288. The van der Waals surface area contributed by atoms with Crippen LogP contribution in [0.3, 0.4) is 0 Å². The van der Waals surface area contributed by atoms with Crippen molar-refractivity contribution in [3.8, 4) is 0 Å². The summed E-state index contributed by atoms with van der Waals surface area (Å²) in [4.78, 5) is 26.4. The molecule has 5 nitrogen and oxygen atoms in total. The van der Waals surface area contributed by atoms with Gasteiger partial charge in [0.2, 0.25) is 11.8 Å². The highest BCUT2D eigenvalue weighted by atomic mass is 35.5. The molecule has 2 aliphatic rings. The molecule has 0 bridgehead atoms. The Morgan fingerprint density at radius 1 is 1.00 bits per heavy atom. The van der Waals surface area contributed by atoms with Gasteiger partial charge < -0.3 is 16.0 Å². The van der Waals surface area contributed by atoms with E-state index in [1.165, 1.54) is 38.5 Å². The normalized spacial score (nSPS) is 22.4. The Morgan fingerprint density at radius 3 is 2.33 bits per heavy atom. The highest BCUT2D eigenvalue weighted by molar-refractivity contribution is 5.85. The average molecular weight is 360 g/mol. The largest absolute Gasteiger partial charge is 0.354 e. The average Bonchev–Trinajstić information content (AvgIpc) is 2.82. The fourth-order valence-corrected chi connectivity index (χ4v) is 3.92. The zero-order valence-corrected chi connectivity index (χ0v) is 15.6. The summed E-state index contributed by atoms with van der Waals surface area (Å²) in [6.07, 6.45) is 11.9. The van der Waals surface area contributed by atoms with Crippen molar-refractivity contribution in [2.24, 2.45) is 11.7 Å². The van der Waals surface area contributed by atoms with Crippen LogP contribution < -0.4 is 11.1 Å². The molecule has 1 unspecified atom stereocenters. The molecule has 6 heteroatoms. The highest BCUT2D eigenvalue weighted by Gasteiger charge is 2.28. The van der Waals surface area contributed by atoms with E-state index >= 15 is 0 Å². The van der Waals surface area contributed by atoms with Crippen molar-refractivity contribution in [3.63, 3.8) is 0 Å². The third-order valence-corrected chi connectivity index (χ3v) is 5.29. The molecule has 2 amide bonds. The van der Waals surface area contributed by atoms with Gasteiger partial charge in [0.1, 0.15) is 0 Å². The topological polar surface area (TPSA) is 75.4 Å². The van der Waals surface area contributed by atoms with E-state index in [4.69, 9.17) is 5.73 Å². The molecule has 0 aromatic carbocycles. The monoisotopic (exact) mass is 359 g/mol. The van der Waals surface area contributed by atoms with Gasteiger partial charge in [0.05, 0.1) is 0 Å². The Labute approximate surface area is 152 Å². The first-order valence-electron chi connectivity index (χ1n) is 9.47. The van der Waals surface area contributed by atoms with Crippen molar-refractivity contribution in [1.82, 2.24) is 10.2 Å². The van der Waals surface area contributed by atoms with Crippen LogP contribution in [0.25, 0.3) is 0 Å². The molecule has 0 radical (unpaired) electrons. The fourth-order valence-electron chi connectivity index (χ4n) is 3.92. The van der Waals surface area contributed by atoms with Crippen molar-refractivity contribution in [2.45, 2.75) is 76.7 Å². The molecule has 0 aromatic rings. The second kappa shape index (κ2) is 11.7. The predicted molar refractivity (Wildman–Crippen MR) is 99.1 cm³/mol. The first kappa shape index (κ1) is 21.2. The van der Waals surface area contributed by atoms with E-state index in [1.54, 1.807) is 0 Å². The summed E-state index contributed by atoms with van der Waals surface area (Å²) in [5, 5.41) is 2.94. The molecular formula is C18H34ClN3O2. The Kier molecular flexibility index (Phi) is 10.3. The molecule has 3 N–H and O–H groups in total. The second-order valence-electron chi connectivity index (χ2n) is 7.14. The third kappa shape index (κ3) is 6.98. The quantitative estimate of drug-likeness (QED) is 0.716. The maximum absolute atomic E-state index is 12.8. The molecule has 1 heterocycles. The molecule has 140 valence electrons. The van der Waals surface area contributed by atoms with Crippen molar-refractivity contribution in [3.05, 3.63) is 0 Å². The minimum atomic E-state index is -0.00533. The van der Waals surface area contributed by atoms with E-state index in [9.17, 15) is 9.59 Å². The third-order valence-electron chi connectivity index (χ3n) is 5.29. The Hall–Kier alpha value is -0.810. The fraction of sp³-hybridized carbons (Fsp3) is 0.889. The summed E-state index contributed by atoms with van der Waals surface area (Å²) >= 11 is 0. The van der Waals surface area contributed by atoms with Crippen LogP contribution in [0.2, 0.25) is 0 Å². The van der Waals surface area contributed by atoms with Crippen LogP contribution in [0.4, 0.5) is 0 Å². The lowest BCUT2D eigenvalue weighted by atomic mass is 9.94. The molecule has 24 heavy (non-hydrogen) atoms. The Morgan fingerprint density at radius 2 is 1.67 bits per heavy atom. The van der Waals surface area contributed by atoms with E-state index in [1.807, 2.05) is 4.90 Å².